The molecule has 0 unspecified atom stereocenters. The summed E-state index contributed by atoms with van der Waals surface area (Å²) in [5.41, 5.74) is 0. The van der Waals surface area contributed by atoms with Crippen LogP contribution in [0.5, 0.6) is 0 Å². The molecule has 0 rings (SSSR count). The SMILES string of the molecule is O=P(O)(O)CP(=O)(CO)CO. The fourth-order valence-corrected chi connectivity index (χ4v) is 3.96. The Morgan fingerprint density at radius 2 is 1.36 bits per heavy atom. The van der Waals surface area contributed by atoms with E-state index in [1.54, 1.807) is 0 Å². The van der Waals surface area contributed by atoms with Crippen molar-refractivity contribution in [1.82, 2.24) is 0 Å². The van der Waals surface area contributed by atoms with Crippen LogP contribution in [0.3, 0.4) is 0 Å². The van der Waals surface area contributed by atoms with Crippen molar-refractivity contribution < 1.29 is 29.1 Å². The summed E-state index contributed by atoms with van der Waals surface area (Å²) in [6.07, 6.45) is -1.76. The first-order valence-corrected chi connectivity index (χ1v) is 6.72. The molecule has 0 radical (unpaired) electrons. The molecule has 4 N–H and O–H groups in total. The van der Waals surface area contributed by atoms with Gasteiger partial charge in [-0.2, -0.15) is 0 Å². The van der Waals surface area contributed by atoms with E-state index in [4.69, 9.17) is 20.0 Å². The maximum Gasteiger partial charge on any atom is 0.333 e. The molecule has 0 saturated carbocycles. The van der Waals surface area contributed by atoms with Crippen LogP contribution in [0.15, 0.2) is 0 Å². The quantitative estimate of drug-likeness (QED) is 0.454. The van der Waals surface area contributed by atoms with Crippen LogP contribution >= 0.6 is 14.7 Å². The van der Waals surface area contributed by atoms with Crippen LogP contribution in [0.25, 0.3) is 0 Å². The molecule has 6 nitrogen and oxygen atoms in total. The second-order valence-electron chi connectivity index (χ2n) is 2.15. The molecule has 0 amide bonds. The van der Waals surface area contributed by atoms with Gasteiger partial charge in [0.25, 0.3) is 0 Å². The van der Waals surface area contributed by atoms with Gasteiger partial charge in [-0.1, -0.05) is 0 Å². The van der Waals surface area contributed by atoms with Crippen LogP contribution in [0.1, 0.15) is 0 Å². The molecule has 0 aromatic carbocycles. The topological polar surface area (TPSA) is 115 Å². The average molecular weight is 204 g/mol. The lowest BCUT2D eigenvalue weighted by Crippen LogP contribution is -1.99. The van der Waals surface area contributed by atoms with E-state index in [0.29, 0.717) is 0 Å². The molecule has 0 saturated heterocycles. The van der Waals surface area contributed by atoms with Gasteiger partial charge in [-0.15, -0.1) is 0 Å². The third-order valence-corrected chi connectivity index (χ3v) is 5.52. The molecular formula is C3H10O6P2. The molecule has 0 aliphatic rings. The molecule has 68 valence electrons. The lowest BCUT2D eigenvalue weighted by Gasteiger charge is -2.12. The highest BCUT2D eigenvalue weighted by Gasteiger charge is 2.29. The fourth-order valence-electron chi connectivity index (χ4n) is 0.470. The Bertz CT molecular complexity index is 198. The van der Waals surface area contributed by atoms with Crippen LogP contribution in [-0.4, -0.2) is 38.6 Å². The van der Waals surface area contributed by atoms with E-state index < -0.39 is 33.3 Å². The van der Waals surface area contributed by atoms with Gasteiger partial charge in [0.15, 0.2) is 0 Å². The van der Waals surface area contributed by atoms with Gasteiger partial charge in [0, 0.05) is 0 Å². The Morgan fingerprint density at radius 3 is 1.45 bits per heavy atom. The monoisotopic (exact) mass is 204 g/mol. The molecule has 0 atom stereocenters. The van der Waals surface area contributed by atoms with Crippen LogP contribution in [0.2, 0.25) is 0 Å². The lowest BCUT2D eigenvalue weighted by molar-refractivity contribution is 0.323. The summed E-state index contributed by atoms with van der Waals surface area (Å²) in [6, 6.07) is 0. The third-order valence-electron chi connectivity index (χ3n) is 0.957. The molecule has 0 spiro atoms. The van der Waals surface area contributed by atoms with Crippen molar-refractivity contribution in [3.05, 3.63) is 0 Å². The zero-order valence-corrected chi connectivity index (χ0v) is 7.41. The van der Waals surface area contributed by atoms with Crippen molar-refractivity contribution in [3.63, 3.8) is 0 Å². The molecule has 11 heavy (non-hydrogen) atoms. The molecule has 8 heteroatoms. The second-order valence-corrected chi connectivity index (χ2v) is 7.29. The first-order chi connectivity index (χ1) is 4.83. The zero-order chi connectivity index (χ0) is 9.12. The number of aliphatic hydroxyl groups is 2. The molecule has 0 aromatic rings. The summed E-state index contributed by atoms with van der Waals surface area (Å²) in [6.45, 7) is 0. The minimum atomic E-state index is -4.40. The maximum atomic E-state index is 11.0. The van der Waals surface area contributed by atoms with Gasteiger partial charge >= 0.3 is 7.60 Å². The summed E-state index contributed by atoms with van der Waals surface area (Å²) in [7, 11) is -7.86. The second kappa shape index (κ2) is 3.81. The van der Waals surface area contributed by atoms with E-state index in [9.17, 15) is 9.13 Å². The minimum Gasteiger partial charge on any atom is -0.389 e. The Balaban J connectivity index is 4.34. The molecule has 0 aliphatic heterocycles. The standard InChI is InChI=1S/C3H10O6P2/c4-1-10(6,2-5)3-11(7,8)9/h4-5H,1-3H2,(H2,7,8,9). The highest BCUT2D eigenvalue weighted by molar-refractivity contribution is 7.75. The third kappa shape index (κ3) is 4.69. The molecular weight excluding hydrogens is 194 g/mol. The van der Waals surface area contributed by atoms with Gasteiger partial charge in [-0.3, -0.25) is 4.57 Å². The number of hydrogen-bond donors (Lipinski definition) is 4. The van der Waals surface area contributed by atoms with E-state index in [0.717, 1.165) is 0 Å². The summed E-state index contributed by atoms with van der Waals surface area (Å²) < 4.78 is 21.2. The van der Waals surface area contributed by atoms with Gasteiger partial charge in [-0.25, -0.2) is 0 Å². The number of hydrogen-bond acceptors (Lipinski definition) is 4. The average Bonchev–Trinajstić information content (AvgIpc) is 1.84. The molecule has 0 aliphatic carbocycles. The highest BCUT2D eigenvalue weighted by atomic mass is 31.2. The highest BCUT2D eigenvalue weighted by Crippen LogP contribution is 2.55. The summed E-state index contributed by atoms with van der Waals surface area (Å²) >= 11 is 0. The zero-order valence-electron chi connectivity index (χ0n) is 5.62. The van der Waals surface area contributed by atoms with Crippen molar-refractivity contribution in [2.45, 2.75) is 0 Å². The van der Waals surface area contributed by atoms with Crippen molar-refractivity contribution in [3.8, 4) is 0 Å². The van der Waals surface area contributed by atoms with Gasteiger partial charge in [-0.05, 0) is 0 Å². The predicted octanol–water partition coefficient (Wildman–Crippen LogP) is -0.616. The van der Waals surface area contributed by atoms with Gasteiger partial charge < -0.3 is 24.6 Å². The van der Waals surface area contributed by atoms with E-state index in [2.05, 4.69) is 0 Å². The maximum absolute atomic E-state index is 11.0. The smallest absolute Gasteiger partial charge is 0.333 e. The Morgan fingerprint density at radius 1 is 1.00 bits per heavy atom. The molecule has 0 heterocycles. The van der Waals surface area contributed by atoms with Crippen LogP contribution in [-0.2, 0) is 9.13 Å². The van der Waals surface area contributed by atoms with Crippen LogP contribution in [0, 0.1) is 0 Å². The van der Waals surface area contributed by atoms with Crippen molar-refractivity contribution in [2.75, 3.05) is 18.6 Å². The Labute approximate surface area is 63.4 Å². The normalized spacial score (nSPS) is 13.5. The summed E-state index contributed by atoms with van der Waals surface area (Å²) in [4.78, 5) is 16.7. The minimum absolute atomic E-state index is 0.880. The van der Waals surface area contributed by atoms with Crippen molar-refractivity contribution >= 4 is 14.7 Å². The predicted molar refractivity (Wildman–Crippen MR) is 38.7 cm³/mol. The number of rotatable bonds is 4. The molecule has 0 fully saturated rings. The number of aliphatic hydroxyl groups excluding tert-OH is 2. The Hall–Kier alpha value is 0.300. The van der Waals surface area contributed by atoms with Gasteiger partial charge in [0.1, 0.15) is 13.0 Å². The van der Waals surface area contributed by atoms with E-state index in [1.807, 2.05) is 0 Å². The van der Waals surface area contributed by atoms with Crippen LogP contribution in [0.4, 0.5) is 0 Å². The molecule has 0 aromatic heterocycles. The van der Waals surface area contributed by atoms with E-state index in [-0.39, 0.29) is 0 Å². The van der Waals surface area contributed by atoms with Crippen molar-refractivity contribution in [2.24, 2.45) is 0 Å². The first kappa shape index (κ1) is 11.3. The lowest BCUT2D eigenvalue weighted by atomic mass is 11.7. The van der Waals surface area contributed by atoms with Gasteiger partial charge in [0.2, 0.25) is 0 Å². The van der Waals surface area contributed by atoms with Crippen molar-refractivity contribution in [1.29, 1.82) is 0 Å². The van der Waals surface area contributed by atoms with E-state index in [1.165, 1.54) is 0 Å². The summed E-state index contributed by atoms with van der Waals surface area (Å²) in [5, 5.41) is 16.8. The fraction of sp³-hybridized carbons (Fsp3) is 1.00. The van der Waals surface area contributed by atoms with Crippen LogP contribution < -0.4 is 0 Å². The molecule has 0 bridgehead atoms. The van der Waals surface area contributed by atoms with E-state index >= 15 is 0 Å². The first-order valence-electron chi connectivity index (χ1n) is 2.66. The van der Waals surface area contributed by atoms with Gasteiger partial charge in [0.05, 0.1) is 12.7 Å². The Kier molecular flexibility index (Phi) is 3.91. The summed E-state index contributed by atoms with van der Waals surface area (Å²) in [5.74, 6) is -0.938. The largest absolute Gasteiger partial charge is 0.389 e.